The Morgan fingerprint density at radius 3 is 3.11 bits per heavy atom. The highest BCUT2D eigenvalue weighted by molar-refractivity contribution is 5.77. The first-order chi connectivity index (χ1) is 9.38. The van der Waals surface area contributed by atoms with Crippen molar-refractivity contribution in [3.8, 4) is 0 Å². The minimum atomic E-state index is 0.136. The number of ether oxygens (including phenoxy) is 1. The van der Waals surface area contributed by atoms with E-state index in [1.807, 2.05) is 36.4 Å². The zero-order chi connectivity index (χ0) is 13.1. The van der Waals surface area contributed by atoms with E-state index in [0.717, 1.165) is 29.8 Å². The van der Waals surface area contributed by atoms with E-state index in [0.29, 0.717) is 0 Å². The van der Waals surface area contributed by atoms with Gasteiger partial charge in [-0.3, -0.25) is 0 Å². The maximum Gasteiger partial charge on any atom is 0.133 e. The normalized spacial score (nSPS) is 18.2. The van der Waals surface area contributed by atoms with Gasteiger partial charge in [0.15, 0.2) is 0 Å². The standard InChI is InChI=1S/C16H16N2O/c1-2-11-18-15-8-4-3-7-14(15)17-16(18)10-9-13-6-5-12-19-13/h2-5,7-10,12-13H,1,6,11H2/b10-9+. The summed E-state index contributed by atoms with van der Waals surface area (Å²) in [6.07, 6.45) is 10.8. The lowest BCUT2D eigenvalue weighted by Gasteiger charge is -2.05. The molecule has 1 aromatic carbocycles. The van der Waals surface area contributed by atoms with Gasteiger partial charge in [-0.1, -0.05) is 18.2 Å². The fourth-order valence-corrected chi connectivity index (χ4v) is 2.26. The summed E-state index contributed by atoms with van der Waals surface area (Å²) in [6, 6.07) is 8.14. The number of allylic oxidation sites excluding steroid dienone is 1. The highest BCUT2D eigenvalue weighted by Crippen LogP contribution is 2.18. The number of nitrogens with zero attached hydrogens (tertiary/aromatic N) is 2. The number of hydrogen-bond acceptors (Lipinski definition) is 2. The molecule has 2 heterocycles. The van der Waals surface area contributed by atoms with Crippen molar-refractivity contribution in [2.45, 2.75) is 19.1 Å². The maximum absolute atomic E-state index is 5.42. The Morgan fingerprint density at radius 1 is 1.42 bits per heavy atom. The van der Waals surface area contributed by atoms with Crippen LogP contribution in [0.5, 0.6) is 0 Å². The predicted octanol–water partition coefficient (Wildman–Crippen LogP) is 3.54. The zero-order valence-corrected chi connectivity index (χ0v) is 10.7. The van der Waals surface area contributed by atoms with Gasteiger partial charge in [-0.05, 0) is 30.4 Å². The fourth-order valence-electron chi connectivity index (χ4n) is 2.26. The molecule has 1 aliphatic rings. The molecule has 96 valence electrons. The average Bonchev–Trinajstić information content (AvgIpc) is 3.05. The van der Waals surface area contributed by atoms with Gasteiger partial charge >= 0.3 is 0 Å². The summed E-state index contributed by atoms with van der Waals surface area (Å²) < 4.78 is 7.58. The molecule has 0 radical (unpaired) electrons. The van der Waals surface area contributed by atoms with Crippen LogP contribution in [0.15, 0.2) is 55.3 Å². The summed E-state index contributed by atoms with van der Waals surface area (Å²) in [6.45, 7) is 4.57. The molecule has 1 aliphatic heterocycles. The molecule has 0 amide bonds. The molecule has 0 fully saturated rings. The molecular weight excluding hydrogens is 236 g/mol. The molecule has 1 aromatic heterocycles. The van der Waals surface area contributed by atoms with Crippen molar-refractivity contribution in [1.29, 1.82) is 0 Å². The van der Waals surface area contributed by atoms with Gasteiger partial charge in [0.05, 0.1) is 17.3 Å². The Labute approximate surface area is 112 Å². The van der Waals surface area contributed by atoms with Gasteiger partial charge < -0.3 is 9.30 Å². The minimum absolute atomic E-state index is 0.136. The monoisotopic (exact) mass is 252 g/mol. The van der Waals surface area contributed by atoms with Crippen molar-refractivity contribution < 1.29 is 4.74 Å². The lowest BCUT2D eigenvalue weighted by atomic mass is 10.2. The van der Waals surface area contributed by atoms with Crippen LogP contribution in [0.1, 0.15) is 12.2 Å². The number of para-hydroxylation sites is 2. The topological polar surface area (TPSA) is 27.1 Å². The number of aromatic nitrogens is 2. The SMILES string of the molecule is C=CCn1c(/C=C/C2CC=CO2)nc2ccccc21. The Hall–Kier alpha value is -2.29. The van der Waals surface area contributed by atoms with Gasteiger partial charge in [-0.2, -0.15) is 0 Å². The second-order valence-corrected chi connectivity index (χ2v) is 4.50. The molecule has 0 spiro atoms. The van der Waals surface area contributed by atoms with Gasteiger partial charge in [-0.15, -0.1) is 6.58 Å². The largest absolute Gasteiger partial charge is 0.494 e. The van der Waals surface area contributed by atoms with Crippen LogP contribution in [0.25, 0.3) is 17.1 Å². The lowest BCUT2D eigenvalue weighted by Crippen LogP contribution is -2.01. The van der Waals surface area contributed by atoms with E-state index in [1.54, 1.807) is 6.26 Å². The molecule has 3 rings (SSSR count). The second kappa shape index (κ2) is 5.14. The van der Waals surface area contributed by atoms with E-state index in [2.05, 4.69) is 28.3 Å². The second-order valence-electron chi connectivity index (χ2n) is 4.50. The number of imidazole rings is 1. The Bertz CT molecular complexity index is 644. The third-order valence-electron chi connectivity index (χ3n) is 3.17. The van der Waals surface area contributed by atoms with Gasteiger partial charge in [0.25, 0.3) is 0 Å². The molecule has 0 bridgehead atoms. The number of rotatable bonds is 4. The molecule has 3 nitrogen and oxygen atoms in total. The van der Waals surface area contributed by atoms with Crippen molar-refractivity contribution in [2.75, 3.05) is 0 Å². The van der Waals surface area contributed by atoms with Gasteiger partial charge in [-0.25, -0.2) is 4.98 Å². The first-order valence-corrected chi connectivity index (χ1v) is 6.43. The molecule has 1 atom stereocenters. The van der Waals surface area contributed by atoms with Crippen LogP contribution in [0.4, 0.5) is 0 Å². The smallest absolute Gasteiger partial charge is 0.133 e. The van der Waals surface area contributed by atoms with E-state index in [9.17, 15) is 0 Å². The van der Waals surface area contributed by atoms with Crippen molar-refractivity contribution >= 4 is 17.1 Å². The Balaban J connectivity index is 1.96. The lowest BCUT2D eigenvalue weighted by molar-refractivity contribution is 0.215. The molecule has 1 unspecified atom stereocenters. The van der Waals surface area contributed by atoms with Crippen LogP contribution in [0.3, 0.4) is 0 Å². The fraction of sp³-hybridized carbons (Fsp3) is 0.188. The Kier molecular flexibility index (Phi) is 3.19. The highest BCUT2D eigenvalue weighted by Gasteiger charge is 2.09. The third-order valence-corrected chi connectivity index (χ3v) is 3.17. The van der Waals surface area contributed by atoms with Crippen LogP contribution in [-0.4, -0.2) is 15.7 Å². The van der Waals surface area contributed by atoms with E-state index >= 15 is 0 Å². The van der Waals surface area contributed by atoms with Crippen LogP contribution in [0.2, 0.25) is 0 Å². The molecule has 19 heavy (non-hydrogen) atoms. The molecule has 2 aromatic rings. The summed E-state index contributed by atoms with van der Waals surface area (Å²) in [5, 5.41) is 0. The van der Waals surface area contributed by atoms with Crippen LogP contribution in [-0.2, 0) is 11.3 Å². The summed E-state index contributed by atoms with van der Waals surface area (Å²) in [4.78, 5) is 4.64. The number of benzene rings is 1. The molecule has 3 heteroatoms. The van der Waals surface area contributed by atoms with Crippen molar-refractivity contribution in [3.63, 3.8) is 0 Å². The van der Waals surface area contributed by atoms with Gasteiger partial charge in [0.2, 0.25) is 0 Å². The summed E-state index contributed by atoms with van der Waals surface area (Å²) >= 11 is 0. The van der Waals surface area contributed by atoms with E-state index in [-0.39, 0.29) is 6.10 Å². The third kappa shape index (κ3) is 2.32. The quantitative estimate of drug-likeness (QED) is 0.778. The summed E-state index contributed by atoms with van der Waals surface area (Å²) in [5.41, 5.74) is 2.14. The maximum atomic E-state index is 5.42. The first kappa shape index (κ1) is 11.8. The van der Waals surface area contributed by atoms with Crippen molar-refractivity contribution in [1.82, 2.24) is 9.55 Å². The summed E-state index contributed by atoms with van der Waals surface area (Å²) in [7, 11) is 0. The summed E-state index contributed by atoms with van der Waals surface area (Å²) in [5.74, 6) is 0.941. The van der Waals surface area contributed by atoms with Crippen LogP contribution in [0, 0.1) is 0 Å². The molecular formula is C16H16N2O. The highest BCUT2D eigenvalue weighted by atomic mass is 16.5. The molecule has 0 saturated carbocycles. The Morgan fingerprint density at radius 2 is 2.32 bits per heavy atom. The van der Waals surface area contributed by atoms with Crippen LogP contribution < -0.4 is 0 Å². The average molecular weight is 252 g/mol. The van der Waals surface area contributed by atoms with Crippen molar-refractivity contribution in [3.05, 3.63) is 61.2 Å². The van der Waals surface area contributed by atoms with E-state index < -0.39 is 0 Å². The molecule has 0 saturated heterocycles. The van der Waals surface area contributed by atoms with Gasteiger partial charge in [0.1, 0.15) is 11.9 Å². The molecule has 0 N–H and O–H groups in total. The van der Waals surface area contributed by atoms with Crippen LogP contribution >= 0.6 is 0 Å². The molecule has 0 aliphatic carbocycles. The van der Waals surface area contributed by atoms with Gasteiger partial charge in [0, 0.05) is 13.0 Å². The number of fused-ring (bicyclic) bond motifs is 1. The zero-order valence-electron chi connectivity index (χ0n) is 10.7. The number of hydrogen-bond donors (Lipinski definition) is 0. The minimum Gasteiger partial charge on any atom is -0.494 e. The van der Waals surface area contributed by atoms with Crippen molar-refractivity contribution in [2.24, 2.45) is 0 Å². The van der Waals surface area contributed by atoms with E-state index in [1.165, 1.54) is 0 Å². The first-order valence-electron chi connectivity index (χ1n) is 6.43. The van der Waals surface area contributed by atoms with E-state index in [4.69, 9.17) is 4.74 Å². The predicted molar refractivity (Wildman–Crippen MR) is 77.6 cm³/mol.